The van der Waals surface area contributed by atoms with E-state index in [0.717, 1.165) is 0 Å². The summed E-state index contributed by atoms with van der Waals surface area (Å²) in [4.78, 5) is 23.0. The van der Waals surface area contributed by atoms with Crippen molar-refractivity contribution in [1.82, 2.24) is 10.6 Å². The highest BCUT2D eigenvalue weighted by molar-refractivity contribution is 9.09. The number of carbonyl (C=O) groups is 2. The molecule has 2 aliphatic heterocycles. The Labute approximate surface area is 99.3 Å². The molecule has 0 aromatic rings. The zero-order valence-electron chi connectivity index (χ0n) is 7.99. The molecule has 82 valence electrons. The summed E-state index contributed by atoms with van der Waals surface area (Å²) in [6.07, 6.45) is 6.87. The molecule has 2 atom stereocenters. The fourth-order valence-electron chi connectivity index (χ4n) is 2.03. The van der Waals surface area contributed by atoms with Crippen molar-refractivity contribution >= 4 is 27.9 Å². The molecule has 3 rings (SSSR count). The molecule has 2 heterocycles. The summed E-state index contributed by atoms with van der Waals surface area (Å²) in [7, 11) is 0. The number of rotatable bonds is 0. The van der Waals surface area contributed by atoms with Crippen molar-refractivity contribution in [3.05, 3.63) is 35.6 Å². The fraction of sp³-hybridized carbons (Fsp3) is 0.200. The molecule has 5 nitrogen and oxygen atoms in total. The minimum Gasteiger partial charge on any atom is -0.475 e. The van der Waals surface area contributed by atoms with Crippen LogP contribution in [0.1, 0.15) is 0 Å². The maximum Gasteiger partial charge on any atom is 0.322 e. The van der Waals surface area contributed by atoms with Crippen molar-refractivity contribution in [3.63, 3.8) is 0 Å². The number of imide groups is 1. The second-order valence-corrected chi connectivity index (χ2v) is 4.56. The van der Waals surface area contributed by atoms with Crippen LogP contribution in [0.5, 0.6) is 0 Å². The van der Waals surface area contributed by atoms with Gasteiger partial charge >= 0.3 is 6.03 Å². The van der Waals surface area contributed by atoms with Crippen LogP contribution in [0.15, 0.2) is 35.6 Å². The van der Waals surface area contributed by atoms with E-state index in [2.05, 4.69) is 26.6 Å². The number of alkyl halides is 1. The van der Waals surface area contributed by atoms with E-state index >= 15 is 0 Å². The quantitative estimate of drug-likeness (QED) is 0.508. The van der Waals surface area contributed by atoms with Crippen LogP contribution in [0, 0.1) is 0 Å². The number of urea groups is 1. The molecule has 1 aliphatic carbocycles. The highest BCUT2D eigenvalue weighted by atomic mass is 79.9. The van der Waals surface area contributed by atoms with E-state index in [-0.39, 0.29) is 10.9 Å². The maximum atomic E-state index is 11.8. The van der Waals surface area contributed by atoms with Crippen LogP contribution < -0.4 is 10.6 Å². The Bertz CT molecular complexity index is 494. The summed E-state index contributed by atoms with van der Waals surface area (Å²) in [5.41, 5.74) is -0.441. The predicted octanol–water partition coefficient (Wildman–Crippen LogP) is 0.696. The molecule has 6 heteroatoms. The van der Waals surface area contributed by atoms with Gasteiger partial charge in [0.1, 0.15) is 5.76 Å². The SMILES string of the molecule is O=C1NC(=O)C2(C=CC=C3OC(Br)C=C32)N1. The topological polar surface area (TPSA) is 67.4 Å². The number of allylic oxidation sites excluding steroid dienone is 2. The first-order valence-electron chi connectivity index (χ1n) is 4.68. The van der Waals surface area contributed by atoms with E-state index in [4.69, 9.17) is 4.74 Å². The number of halogens is 1. The van der Waals surface area contributed by atoms with Crippen LogP contribution in [0.25, 0.3) is 0 Å². The van der Waals surface area contributed by atoms with Crippen molar-refractivity contribution in [1.29, 1.82) is 0 Å². The third-order valence-electron chi connectivity index (χ3n) is 2.72. The Kier molecular flexibility index (Phi) is 1.79. The average Bonchev–Trinajstić information content (AvgIpc) is 2.70. The van der Waals surface area contributed by atoms with E-state index in [1.807, 2.05) is 0 Å². The van der Waals surface area contributed by atoms with Gasteiger partial charge in [-0.3, -0.25) is 10.1 Å². The van der Waals surface area contributed by atoms with Crippen molar-refractivity contribution < 1.29 is 14.3 Å². The summed E-state index contributed by atoms with van der Waals surface area (Å²) < 4.78 is 5.44. The van der Waals surface area contributed by atoms with Gasteiger partial charge < -0.3 is 10.1 Å². The second-order valence-electron chi connectivity index (χ2n) is 3.66. The Hall–Kier alpha value is -1.56. The van der Waals surface area contributed by atoms with Crippen LogP contribution in [0.2, 0.25) is 0 Å². The van der Waals surface area contributed by atoms with Gasteiger partial charge in [-0.1, -0.05) is 6.08 Å². The minimum atomic E-state index is -1.11. The molecule has 0 bridgehead atoms. The Morgan fingerprint density at radius 1 is 1.44 bits per heavy atom. The lowest BCUT2D eigenvalue weighted by atomic mass is 9.85. The molecular formula is C10H7BrN2O3. The first-order valence-corrected chi connectivity index (χ1v) is 5.60. The number of fused-ring (bicyclic) bond motifs is 2. The monoisotopic (exact) mass is 282 g/mol. The zero-order chi connectivity index (χ0) is 11.3. The molecule has 16 heavy (non-hydrogen) atoms. The van der Waals surface area contributed by atoms with Gasteiger partial charge in [-0.05, 0) is 34.2 Å². The largest absolute Gasteiger partial charge is 0.475 e. The van der Waals surface area contributed by atoms with Gasteiger partial charge in [0, 0.05) is 5.57 Å². The maximum absolute atomic E-state index is 11.8. The van der Waals surface area contributed by atoms with Gasteiger partial charge in [-0.25, -0.2) is 4.79 Å². The second kappa shape index (κ2) is 2.98. The van der Waals surface area contributed by atoms with Crippen LogP contribution in [-0.2, 0) is 9.53 Å². The van der Waals surface area contributed by atoms with Crippen molar-refractivity contribution in [2.75, 3.05) is 0 Å². The van der Waals surface area contributed by atoms with E-state index in [0.29, 0.717) is 11.3 Å². The molecule has 2 unspecified atom stereocenters. The molecule has 3 aliphatic rings. The third kappa shape index (κ3) is 1.10. The average molecular weight is 283 g/mol. The highest BCUT2D eigenvalue weighted by Crippen LogP contribution is 2.39. The molecule has 1 saturated heterocycles. The first-order chi connectivity index (χ1) is 7.62. The van der Waals surface area contributed by atoms with Crippen molar-refractivity contribution in [2.24, 2.45) is 0 Å². The van der Waals surface area contributed by atoms with E-state index in [9.17, 15) is 9.59 Å². The van der Waals surface area contributed by atoms with Gasteiger partial charge in [0.05, 0.1) is 0 Å². The summed E-state index contributed by atoms with van der Waals surface area (Å²) in [5.74, 6) is 0.220. The van der Waals surface area contributed by atoms with Crippen molar-refractivity contribution in [3.8, 4) is 0 Å². The number of ether oxygens (including phenoxy) is 1. The predicted molar refractivity (Wildman–Crippen MR) is 58.5 cm³/mol. The fourth-order valence-corrected chi connectivity index (χ4v) is 2.50. The number of amides is 3. The normalized spacial score (nSPS) is 35.2. The Morgan fingerprint density at radius 3 is 2.94 bits per heavy atom. The van der Waals surface area contributed by atoms with Gasteiger partial charge in [-0.2, -0.15) is 0 Å². The number of nitrogens with one attached hydrogen (secondary N) is 2. The van der Waals surface area contributed by atoms with E-state index in [1.54, 1.807) is 24.3 Å². The number of hydrogen-bond acceptors (Lipinski definition) is 3. The highest BCUT2D eigenvalue weighted by Gasteiger charge is 2.51. The summed E-state index contributed by atoms with van der Waals surface area (Å²) in [6, 6.07) is -0.491. The van der Waals surface area contributed by atoms with E-state index < -0.39 is 11.6 Å². The molecule has 0 aromatic carbocycles. The van der Waals surface area contributed by atoms with Crippen LogP contribution in [0.4, 0.5) is 4.79 Å². The summed E-state index contributed by atoms with van der Waals surface area (Å²) in [5, 5.41) is 4.57. The Morgan fingerprint density at radius 2 is 2.25 bits per heavy atom. The molecule has 3 amide bonds. The van der Waals surface area contributed by atoms with Gasteiger partial charge in [0.15, 0.2) is 10.6 Å². The number of carbonyl (C=O) groups excluding carboxylic acids is 2. The van der Waals surface area contributed by atoms with Crippen molar-refractivity contribution in [2.45, 2.75) is 10.6 Å². The first kappa shape index (κ1) is 9.65. The molecule has 0 aromatic heterocycles. The van der Waals surface area contributed by atoms with E-state index in [1.165, 1.54) is 0 Å². The lowest BCUT2D eigenvalue weighted by Gasteiger charge is -2.25. The number of hydrogen-bond donors (Lipinski definition) is 2. The molecule has 1 fully saturated rings. The molecule has 0 radical (unpaired) electrons. The molecule has 0 saturated carbocycles. The lowest BCUT2D eigenvalue weighted by Crippen LogP contribution is -2.47. The van der Waals surface area contributed by atoms with Crippen LogP contribution in [0.3, 0.4) is 0 Å². The molecular weight excluding hydrogens is 276 g/mol. The molecule has 2 N–H and O–H groups in total. The standard InChI is InChI=1S/C10H7BrN2O3/c11-7-4-5-6(16-7)2-1-3-10(5)8(14)12-9(15)13-10/h1-4,7H,(H2,12,13,14,15). The van der Waals surface area contributed by atoms with Gasteiger partial charge in [-0.15, -0.1) is 0 Å². The van der Waals surface area contributed by atoms with Crippen LogP contribution >= 0.6 is 15.9 Å². The third-order valence-corrected chi connectivity index (χ3v) is 3.17. The minimum absolute atomic E-state index is 0.268. The van der Waals surface area contributed by atoms with Gasteiger partial charge in [0.2, 0.25) is 0 Å². The lowest BCUT2D eigenvalue weighted by molar-refractivity contribution is -0.121. The molecule has 1 spiro atoms. The van der Waals surface area contributed by atoms with Crippen LogP contribution in [-0.4, -0.2) is 22.5 Å². The zero-order valence-corrected chi connectivity index (χ0v) is 9.58. The summed E-state index contributed by atoms with van der Waals surface area (Å²) >= 11 is 3.28. The summed E-state index contributed by atoms with van der Waals surface area (Å²) in [6.45, 7) is 0. The Balaban J connectivity index is 2.13. The smallest absolute Gasteiger partial charge is 0.322 e. The van der Waals surface area contributed by atoms with Gasteiger partial charge in [0.25, 0.3) is 5.91 Å².